The topological polar surface area (TPSA) is 26.3 Å². The molecule has 2 rings (SSSR count). The first-order valence-corrected chi connectivity index (χ1v) is 6.17. The summed E-state index contributed by atoms with van der Waals surface area (Å²) in [5, 5.41) is 0. The van der Waals surface area contributed by atoms with Crippen molar-refractivity contribution < 1.29 is 18.3 Å². The van der Waals surface area contributed by atoms with Gasteiger partial charge in [0.15, 0.2) is 11.6 Å². The molecule has 0 saturated heterocycles. The summed E-state index contributed by atoms with van der Waals surface area (Å²) in [6, 6.07) is 11.8. The van der Waals surface area contributed by atoms with Gasteiger partial charge in [-0.05, 0) is 17.7 Å². The first-order chi connectivity index (χ1) is 10.1. The van der Waals surface area contributed by atoms with Gasteiger partial charge in [0.05, 0.1) is 0 Å². The molecule has 106 valence electrons. The minimum Gasteiger partial charge on any atom is -0.420 e. The van der Waals surface area contributed by atoms with Crippen LogP contribution in [-0.4, -0.2) is 5.97 Å². The van der Waals surface area contributed by atoms with E-state index in [2.05, 4.69) is 11.3 Å². The van der Waals surface area contributed by atoms with E-state index in [1.165, 1.54) is 18.2 Å². The maximum absolute atomic E-state index is 13.9. The first-order valence-electron chi connectivity index (χ1n) is 6.17. The van der Waals surface area contributed by atoms with E-state index in [-0.39, 0.29) is 5.56 Å². The van der Waals surface area contributed by atoms with Crippen molar-refractivity contribution in [2.45, 2.75) is 0 Å². The molecule has 0 amide bonds. The van der Waals surface area contributed by atoms with Crippen molar-refractivity contribution in [1.29, 1.82) is 0 Å². The fourth-order valence-corrected chi connectivity index (χ4v) is 1.65. The van der Waals surface area contributed by atoms with E-state index in [0.717, 1.165) is 11.6 Å². The molecule has 0 spiro atoms. The smallest absolute Gasteiger partial charge is 0.335 e. The van der Waals surface area contributed by atoms with Crippen molar-refractivity contribution >= 4 is 18.1 Å². The van der Waals surface area contributed by atoms with Gasteiger partial charge in [0, 0.05) is 11.6 Å². The van der Waals surface area contributed by atoms with Crippen molar-refractivity contribution in [3.63, 3.8) is 0 Å². The highest BCUT2D eigenvalue weighted by Crippen LogP contribution is 2.24. The van der Waals surface area contributed by atoms with Crippen molar-refractivity contribution in [3.05, 3.63) is 77.9 Å². The van der Waals surface area contributed by atoms with Gasteiger partial charge in [-0.3, -0.25) is 0 Å². The molecule has 0 atom stereocenters. The van der Waals surface area contributed by atoms with E-state index >= 15 is 0 Å². The van der Waals surface area contributed by atoms with Crippen LogP contribution in [0.3, 0.4) is 0 Å². The SMILES string of the molecule is C=CC(=O)Oc1ccc(C=Cc2ccccc2)c(F)c1F. The highest BCUT2D eigenvalue weighted by atomic mass is 19.2. The lowest BCUT2D eigenvalue weighted by molar-refractivity contribution is -0.129. The molecule has 0 aromatic heterocycles. The zero-order chi connectivity index (χ0) is 15.2. The van der Waals surface area contributed by atoms with E-state index in [1.807, 2.05) is 30.3 Å². The van der Waals surface area contributed by atoms with Gasteiger partial charge in [0.25, 0.3) is 0 Å². The second kappa shape index (κ2) is 6.61. The Labute approximate surface area is 121 Å². The first kappa shape index (κ1) is 14.7. The predicted molar refractivity (Wildman–Crippen MR) is 77.6 cm³/mol. The van der Waals surface area contributed by atoms with Gasteiger partial charge in [-0.1, -0.05) is 49.1 Å². The minimum atomic E-state index is -1.21. The van der Waals surface area contributed by atoms with Crippen molar-refractivity contribution in [2.75, 3.05) is 0 Å². The number of carbonyl (C=O) groups is 1. The minimum absolute atomic E-state index is 0.0646. The summed E-state index contributed by atoms with van der Waals surface area (Å²) in [5.41, 5.74) is 0.925. The Morgan fingerprint density at radius 1 is 1.00 bits per heavy atom. The number of ether oxygens (including phenoxy) is 1. The third-order valence-electron chi connectivity index (χ3n) is 2.71. The number of hydrogen-bond donors (Lipinski definition) is 0. The van der Waals surface area contributed by atoms with Gasteiger partial charge in [0.2, 0.25) is 5.82 Å². The molecule has 2 aromatic carbocycles. The summed E-state index contributed by atoms with van der Waals surface area (Å²) in [4.78, 5) is 11.0. The van der Waals surface area contributed by atoms with Gasteiger partial charge < -0.3 is 4.74 Å². The van der Waals surface area contributed by atoms with Crippen LogP contribution in [0, 0.1) is 11.6 Å². The number of benzene rings is 2. The van der Waals surface area contributed by atoms with Crippen LogP contribution >= 0.6 is 0 Å². The molecule has 0 heterocycles. The molecule has 0 N–H and O–H groups in total. The summed E-state index contributed by atoms with van der Waals surface area (Å²) in [5.74, 6) is -3.59. The number of hydrogen-bond acceptors (Lipinski definition) is 2. The number of carbonyl (C=O) groups excluding carboxylic acids is 1. The van der Waals surface area contributed by atoms with E-state index in [4.69, 9.17) is 0 Å². The second-order valence-corrected chi connectivity index (χ2v) is 4.15. The maximum Gasteiger partial charge on any atom is 0.335 e. The van der Waals surface area contributed by atoms with Crippen LogP contribution in [0.15, 0.2) is 55.1 Å². The van der Waals surface area contributed by atoms with Gasteiger partial charge in [-0.25, -0.2) is 9.18 Å². The monoisotopic (exact) mass is 286 g/mol. The maximum atomic E-state index is 13.9. The summed E-state index contributed by atoms with van der Waals surface area (Å²) >= 11 is 0. The molecule has 4 heteroatoms. The van der Waals surface area contributed by atoms with Crippen LogP contribution in [-0.2, 0) is 4.79 Å². The third-order valence-corrected chi connectivity index (χ3v) is 2.71. The van der Waals surface area contributed by atoms with Gasteiger partial charge in [0.1, 0.15) is 0 Å². The molecule has 2 nitrogen and oxygen atoms in total. The molecule has 0 unspecified atom stereocenters. The number of rotatable bonds is 4. The summed E-state index contributed by atoms with van der Waals surface area (Å²) < 4.78 is 32.2. The van der Waals surface area contributed by atoms with E-state index in [9.17, 15) is 13.6 Å². The van der Waals surface area contributed by atoms with Crippen LogP contribution in [0.4, 0.5) is 8.78 Å². The van der Waals surface area contributed by atoms with Crippen molar-refractivity contribution in [2.24, 2.45) is 0 Å². The average Bonchev–Trinajstić information content (AvgIpc) is 2.52. The quantitative estimate of drug-likeness (QED) is 0.364. The Hall–Kier alpha value is -2.75. The number of esters is 1. The molecule has 21 heavy (non-hydrogen) atoms. The molecule has 0 bridgehead atoms. The van der Waals surface area contributed by atoms with Gasteiger partial charge in [-0.15, -0.1) is 0 Å². The van der Waals surface area contributed by atoms with Crippen LogP contribution in [0.25, 0.3) is 12.2 Å². The lowest BCUT2D eigenvalue weighted by Gasteiger charge is -2.05. The zero-order valence-electron chi connectivity index (χ0n) is 11.1. The van der Waals surface area contributed by atoms with E-state index < -0.39 is 23.4 Å². The summed E-state index contributed by atoms with van der Waals surface area (Å²) in [6.45, 7) is 3.19. The normalized spacial score (nSPS) is 10.6. The Kier molecular flexibility index (Phi) is 4.61. The molecule has 0 saturated carbocycles. The van der Waals surface area contributed by atoms with Crippen LogP contribution < -0.4 is 4.74 Å². The van der Waals surface area contributed by atoms with Crippen molar-refractivity contribution in [1.82, 2.24) is 0 Å². The average molecular weight is 286 g/mol. The summed E-state index contributed by atoms with van der Waals surface area (Å²) in [6.07, 6.45) is 3.99. The van der Waals surface area contributed by atoms with Crippen LogP contribution in [0.2, 0.25) is 0 Å². The molecule has 0 aliphatic carbocycles. The Balaban J connectivity index is 2.26. The molecule has 2 aromatic rings. The highest BCUT2D eigenvalue weighted by Gasteiger charge is 2.14. The van der Waals surface area contributed by atoms with Crippen LogP contribution in [0.1, 0.15) is 11.1 Å². The Morgan fingerprint density at radius 2 is 1.71 bits per heavy atom. The van der Waals surface area contributed by atoms with E-state index in [1.54, 1.807) is 6.08 Å². The Morgan fingerprint density at radius 3 is 2.38 bits per heavy atom. The number of halogens is 2. The van der Waals surface area contributed by atoms with Crippen molar-refractivity contribution in [3.8, 4) is 5.75 Å². The third kappa shape index (κ3) is 3.63. The van der Waals surface area contributed by atoms with Gasteiger partial charge in [-0.2, -0.15) is 4.39 Å². The second-order valence-electron chi connectivity index (χ2n) is 4.15. The van der Waals surface area contributed by atoms with Crippen LogP contribution in [0.5, 0.6) is 5.75 Å². The van der Waals surface area contributed by atoms with E-state index in [0.29, 0.717) is 0 Å². The molecule has 0 radical (unpaired) electrons. The lowest BCUT2D eigenvalue weighted by Crippen LogP contribution is -2.06. The molecule has 0 aliphatic heterocycles. The summed E-state index contributed by atoms with van der Waals surface area (Å²) in [7, 11) is 0. The molecular formula is C17H12F2O2. The zero-order valence-corrected chi connectivity index (χ0v) is 11.1. The Bertz CT molecular complexity index is 691. The highest BCUT2D eigenvalue weighted by molar-refractivity contribution is 5.83. The standard InChI is InChI=1S/C17H12F2O2/c1-2-15(20)21-14-11-10-13(16(18)17(14)19)9-8-12-6-4-3-5-7-12/h2-11H,1H2. The molecular weight excluding hydrogens is 274 g/mol. The lowest BCUT2D eigenvalue weighted by atomic mass is 10.1. The fraction of sp³-hybridized carbons (Fsp3) is 0. The van der Waals surface area contributed by atoms with Gasteiger partial charge >= 0.3 is 5.97 Å². The molecule has 0 aliphatic rings. The largest absolute Gasteiger partial charge is 0.420 e. The molecule has 0 fully saturated rings. The predicted octanol–water partition coefficient (Wildman–Crippen LogP) is 4.23. The fourth-order valence-electron chi connectivity index (χ4n) is 1.65.